The Kier molecular flexibility index (Phi) is 6.17. The zero-order valence-electron chi connectivity index (χ0n) is 16.2. The van der Waals surface area contributed by atoms with Crippen molar-refractivity contribution in [2.75, 3.05) is 50.0 Å². The van der Waals surface area contributed by atoms with Crippen molar-refractivity contribution in [1.29, 1.82) is 0 Å². The number of rotatable bonds is 7. The first-order chi connectivity index (χ1) is 14.2. The van der Waals surface area contributed by atoms with E-state index in [4.69, 9.17) is 4.74 Å². The molecule has 2 aliphatic heterocycles. The number of nitrogens with one attached hydrogen (secondary N) is 2. The fourth-order valence-corrected chi connectivity index (χ4v) is 3.59. The summed E-state index contributed by atoms with van der Waals surface area (Å²) in [4.78, 5) is 19.0. The molecule has 7 heteroatoms. The van der Waals surface area contributed by atoms with Crippen molar-refractivity contribution in [2.24, 2.45) is 4.99 Å². The third-order valence-corrected chi connectivity index (χ3v) is 5.21. The predicted molar refractivity (Wildman–Crippen MR) is 113 cm³/mol. The summed E-state index contributed by atoms with van der Waals surface area (Å²) in [5.41, 5.74) is 3.08. The van der Waals surface area contributed by atoms with Crippen molar-refractivity contribution >= 4 is 29.2 Å². The topological polar surface area (TPSA) is 66.0 Å². The fourth-order valence-electron chi connectivity index (χ4n) is 3.59. The van der Waals surface area contributed by atoms with E-state index in [1.165, 1.54) is 12.1 Å². The smallest absolute Gasteiger partial charge is 0.237 e. The lowest BCUT2D eigenvalue weighted by molar-refractivity contribution is -0.115. The standard InChI is InChI=1S/C22H25FN4O2/c23-16-2-7-19-20(22(28)26-21(19)14-16)15-25-18-5-3-17(4-6-18)24-8-1-9-27-10-12-29-13-11-27/h2-7,14-15,20,24H,1,8-13H2,(H,26,28). The number of halogens is 1. The first-order valence-electron chi connectivity index (χ1n) is 9.97. The van der Waals surface area contributed by atoms with Gasteiger partial charge in [0.05, 0.1) is 18.9 Å². The first kappa shape index (κ1) is 19.5. The molecule has 0 aliphatic carbocycles. The predicted octanol–water partition coefficient (Wildman–Crippen LogP) is 3.40. The minimum absolute atomic E-state index is 0.187. The number of benzene rings is 2. The Morgan fingerprint density at radius 2 is 2.00 bits per heavy atom. The summed E-state index contributed by atoms with van der Waals surface area (Å²) < 4.78 is 18.7. The normalized spacial score (nSPS) is 19.3. The minimum atomic E-state index is -0.497. The number of anilines is 2. The largest absolute Gasteiger partial charge is 0.385 e. The lowest BCUT2D eigenvalue weighted by Crippen LogP contribution is -2.37. The summed E-state index contributed by atoms with van der Waals surface area (Å²) in [7, 11) is 0. The molecule has 2 heterocycles. The number of hydrogen-bond donors (Lipinski definition) is 2. The molecule has 152 valence electrons. The molecule has 4 rings (SSSR count). The molecule has 0 radical (unpaired) electrons. The maximum Gasteiger partial charge on any atom is 0.237 e. The Labute approximate surface area is 169 Å². The summed E-state index contributed by atoms with van der Waals surface area (Å²) in [5, 5.41) is 6.12. The van der Waals surface area contributed by atoms with Gasteiger partial charge in [0.15, 0.2) is 0 Å². The molecule has 1 amide bonds. The van der Waals surface area contributed by atoms with Gasteiger partial charge in [0, 0.05) is 37.2 Å². The minimum Gasteiger partial charge on any atom is -0.385 e. The van der Waals surface area contributed by atoms with E-state index in [2.05, 4.69) is 20.5 Å². The maximum atomic E-state index is 13.3. The number of amides is 1. The van der Waals surface area contributed by atoms with Crippen LogP contribution in [0.1, 0.15) is 17.9 Å². The molecule has 2 aromatic rings. The second-order valence-electron chi connectivity index (χ2n) is 7.26. The van der Waals surface area contributed by atoms with Gasteiger partial charge in [0.1, 0.15) is 11.7 Å². The van der Waals surface area contributed by atoms with Gasteiger partial charge in [-0.15, -0.1) is 0 Å². The summed E-state index contributed by atoms with van der Waals surface area (Å²) in [6.07, 6.45) is 2.69. The second-order valence-corrected chi connectivity index (χ2v) is 7.26. The van der Waals surface area contributed by atoms with Crippen LogP contribution in [0.2, 0.25) is 0 Å². The number of carbonyl (C=O) groups excluding carboxylic acids is 1. The number of fused-ring (bicyclic) bond motifs is 1. The van der Waals surface area contributed by atoms with Crippen molar-refractivity contribution in [3.05, 3.63) is 53.8 Å². The van der Waals surface area contributed by atoms with Crippen molar-refractivity contribution in [1.82, 2.24) is 4.90 Å². The quantitative estimate of drug-likeness (QED) is 0.556. The third-order valence-electron chi connectivity index (χ3n) is 5.21. The van der Waals surface area contributed by atoms with E-state index in [0.29, 0.717) is 5.69 Å². The van der Waals surface area contributed by atoms with Crippen LogP contribution in [-0.4, -0.2) is 56.4 Å². The lowest BCUT2D eigenvalue weighted by atomic mass is 10.0. The van der Waals surface area contributed by atoms with Gasteiger partial charge in [-0.3, -0.25) is 14.7 Å². The third kappa shape index (κ3) is 4.99. The zero-order chi connectivity index (χ0) is 20.1. The molecule has 2 aliphatic rings. The molecule has 0 spiro atoms. The van der Waals surface area contributed by atoms with Crippen LogP contribution >= 0.6 is 0 Å². The average Bonchev–Trinajstić information content (AvgIpc) is 3.05. The van der Waals surface area contributed by atoms with Crippen LogP contribution in [0, 0.1) is 5.82 Å². The number of ether oxygens (including phenoxy) is 1. The molecule has 1 fully saturated rings. The van der Waals surface area contributed by atoms with Gasteiger partial charge >= 0.3 is 0 Å². The Balaban J connectivity index is 1.28. The number of hydrogen-bond acceptors (Lipinski definition) is 5. The summed E-state index contributed by atoms with van der Waals surface area (Å²) in [6.45, 7) is 5.69. The van der Waals surface area contributed by atoms with Crippen molar-refractivity contribution in [2.45, 2.75) is 12.3 Å². The van der Waals surface area contributed by atoms with Gasteiger partial charge in [0.2, 0.25) is 5.91 Å². The van der Waals surface area contributed by atoms with E-state index in [9.17, 15) is 9.18 Å². The molecule has 1 unspecified atom stereocenters. The number of aliphatic imine (C=N–C) groups is 1. The van der Waals surface area contributed by atoms with Crippen LogP contribution in [-0.2, 0) is 9.53 Å². The van der Waals surface area contributed by atoms with Crippen LogP contribution in [0.25, 0.3) is 0 Å². The van der Waals surface area contributed by atoms with E-state index >= 15 is 0 Å². The van der Waals surface area contributed by atoms with Gasteiger partial charge in [0.25, 0.3) is 0 Å². The SMILES string of the molecule is O=C1Nc2cc(F)ccc2C1C=Nc1ccc(NCCCN2CCOCC2)cc1. The van der Waals surface area contributed by atoms with E-state index in [-0.39, 0.29) is 11.7 Å². The molecule has 1 saturated heterocycles. The molecule has 0 bridgehead atoms. The Hall–Kier alpha value is -2.77. The average molecular weight is 396 g/mol. The monoisotopic (exact) mass is 396 g/mol. The van der Waals surface area contributed by atoms with Gasteiger partial charge in [-0.25, -0.2) is 4.39 Å². The Morgan fingerprint density at radius 3 is 2.79 bits per heavy atom. The highest BCUT2D eigenvalue weighted by Gasteiger charge is 2.29. The fraction of sp³-hybridized carbons (Fsp3) is 0.364. The molecule has 2 aromatic carbocycles. The van der Waals surface area contributed by atoms with E-state index in [1.807, 2.05) is 24.3 Å². The van der Waals surface area contributed by atoms with Gasteiger partial charge in [-0.2, -0.15) is 0 Å². The molecule has 6 nitrogen and oxygen atoms in total. The van der Waals surface area contributed by atoms with Crippen LogP contribution in [0.3, 0.4) is 0 Å². The van der Waals surface area contributed by atoms with Crippen LogP contribution in [0.5, 0.6) is 0 Å². The first-order valence-corrected chi connectivity index (χ1v) is 9.97. The number of carbonyl (C=O) groups is 1. The summed E-state index contributed by atoms with van der Waals surface area (Å²) >= 11 is 0. The van der Waals surface area contributed by atoms with Crippen molar-refractivity contribution in [3.63, 3.8) is 0 Å². The number of nitrogens with zero attached hydrogens (tertiary/aromatic N) is 2. The molecular weight excluding hydrogens is 371 g/mol. The lowest BCUT2D eigenvalue weighted by Gasteiger charge is -2.26. The van der Waals surface area contributed by atoms with Gasteiger partial charge in [-0.1, -0.05) is 6.07 Å². The highest BCUT2D eigenvalue weighted by molar-refractivity contribution is 6.12. The second kappa shape index (κ2) is 9.15. The van der Waals surface area contributed by atoms with Gasteiger partial charge in [-0.05, 0) is 54.9 Å². The van der Waals surface area contributed by atoms with Crippen molar-refractivity contribution < 1.29 is 13.9 Å². The molecule has 0 saturated carbocycles. The Bertz CT molecular complexity index is 879. The number of morpholine rings is 1. The van der Waals surface area contributed by atoms with Crippen LogP contribution < -0.4 is 10.6 Å². The highest BCUT2D eigenvalue weighted by atomic mass is 19.1. The van der Waals surface area contributed by atoms with Crippen LogP contribution in [0.15, 0.2) is 47.5 Å². The maximum absolute atomic E-state index is 13.3. The Morgan fingerprint density at radius 1 is 1.21 bits per heavy atom. The van der Waals surface area contributed by atoms with Crippen LogP contribution in [0.4, 0.5) is 21.5 Å². The molecule has 2 N–H and O–H groups in total. The molecule has 1 atom stereocenters. The zero-order valence-corrected chi connectivity index (χ0v) is 16.2. The molecular formula is C22H25FN4O2. The van der Waals surface area contributed by atoms with E-state index in [0.717, 1.165) is 62.8 Å². The molecule has 29 heavy (non-hydrogen) atoms. The molecule has 0 aromatic heterocycles. The summed E-state index contributed by atoms with van der Waals surface area (Å²) in [5.74, 6) is -1.05. The van der Waals surface area contributed by atoms with Gasteiger partial charge < -0.3 is 15.4 Å². The van der Waals surface area contributed by atoms with Crippen molar-refractivity contribution in [3.8, 4) is 0 Å². The highest BCUT2D eigenvalue weighted by Crippen LogP contribution is 2.32. The van der Waals surface area contributed by atoms with E-state index < -0.39 is 5.92 Å². The summed E-state index contributed by atoms with van der Waals surface area (Å²) in [6, 6.07) is 12.1. The van der Waals surface area contributed by atoms with E-state index in [1.54, 1.807) is 12.3 Å².